The molecule has 0 saturated heterocycles. The monoisotopic (exact) mass is 514 g/mol. The van der Waals surface area contributed by atoms with Gasteiger partial charge in [0.1, 0.15) is 22.7 Å². The van der Waals surface area contributed by atoms with Crippen LogP contribution in [-0.4, -0.2) is 28.0 Å². The Morgan fingerprint density at radius 3 is 2.84 bits per heavy atom. The fraction of sp³-hybridized carbons (Fsp3) is 0.292. The van der Waals surface area contributed by atoms with E-state index >= 15 is 0 Å². The highest BCUT2D eigenvalue weighted by Crippen LogP contribution is 2.37. The molecular formula is C24H21F3N6O4. The van der Waals surface area contributed by atoms with Crippen molar-refractivity contribution in [2.75, 3.05) is 7.11 Å². The lowest BCUT2D eigenvalue weighted by molar-refractivity contribution is -0.615. The predicted octanol–water partition coefficient (Wildman–Crippen LogP) is 3.21. The Balaban J connectivity index is 1.52. The maximum atomic E-state index is 13.3. The van der Waals surface area contributed by atoms with Gasteiger partial charge in [0.15, 0.2) is 17.7 Å². The Kier molecular flexibility index (Phi) is 6.15. The molecule has 1 aliphatic carbocycles. The van der Waals surface area contributed by atoms with Gasteiger partial charge in [-0.3, -0.25) is 4.79 Å². The van der Waals surface area contributed by atoms with E-state index < -0.39 is 23.8 Å². The molecule has 3 N–H and O–H groups in total. The van der Waals surface area contributed by atoms with Crippen molar-refractivity contribution >= 4 is 16.8 Å². The summed E-state index contributed by atoms with van der Waals surface area (Å²) < 4.78 is 51.5. The van der Waals surface area contributed by atoms with Crippen LogP contribution in [0, 0.1) is 5.21 Å². The molecular weight excluding hydrogens is 493 g/mol. The number of ether oxygens (including phenoxy) is 1. The first-order valence-electron chi connectivity index (χ1n) is 11.3. The van der Waals surface area contributed by atoms with E-state index in [2.05, 4.69) is 20.3 Å². The third kappa shape index (κ3) is 4.42. The number of benzene rings is 1. The number of fused-ring (bicyclic) bond motifs is 2. The number of halogens is 3. The first-order chi connectivity index (χ1) is 17.7. The fourth-order valence-corrected chi connectivity index (χ4v) is 4.44. The van der Waals surface area contributed by atoms with Crippen LogP contribution in [0.3, 0.4) is 0 Å². The van der Waals surface area contributed by atoms with E-state index in [4.69, 9.17) is 14.9 Å². The van der Waals surface area contributed by atoms with Crippen LogP contribution in [0.2, 0.25) is 0 Å². The summed E-state index contributed by atoms with van der Waals surface area (Å²) in [6.07, 6.45) is -0.142. The summed E-state index contributed by atoms with van der Waals surface area (Å²) in [4.78, 5) is 25.5. The fourth-order valence-electron chi connectivity index (χ4n) is 4.44. The molecule has 1 unspecified atom stereocenters. The van der Waals surface area contributed by atoms with Crippen LogP contribution in [0.5, 0.6) is 5.75 Å². The van der Waals surface area contributed by atoms with Crippen molar-refractivity contribution in [3.63, 3.8) is 0 Å². The van der Waals surface area contributed by atoms with Gasteiger partial charge in [-0.1, -0.05) is 0 Å². The van der Waals surface area contributed by atoms with E-state index in [0.717, 1.165) is 10.8 Å². The lowest BCUT2D eigenvalue weighted by Gasteiger charge is -2.23. The van der Waals surface area contributed by atoms with Crippen LogP contribution < -0.4 is 20.5 Å². The number of hydrogen-bond acceptors (Lipinski definition) is 8. The van der Waals surface area contributed by atoms with Crippen LogP contribution in [0.1, 0.15) is 52.2 Å². The predicted molar refractivity (Wildman–Crippen MR) is 123 cm³/mol. The summed E-state index contributed by atoms with van der Waals surface area (Å²) in [6, 6.07) is 4.59. The second kappa shape index (κ2) is 9.32. The van der Waals surface area contributed by atoms with Crippen LogP contribution in [0.25, 0.3) is 22.4 Å². The average Bonchev–Trinajstić information content (AvgIpc) is 3.32. The lowest BCUT2D eigenvalue weighted by Crippen LogP contribution is -2.40. The number of amides is 1. The van der Waals surface area contributed by atoms with Gasteiger partial charge < -0.3 is 25.4 Å². The number of pyridine rings is 1. The van der Waals surface area contributed by atoms with Gasteiger partial charge >= 0.3 is 6.18 Å². The molecule has 0 saturated carbocycles. The number of hydrogen-bond donors (Lipinski definition) is 2. The van der Waals surface area contributed by atoms with E-state index in [-0.39, 0.29) is 40.5 Å². The summed E-state index contributed by atoms with van der Waals surface area (Å²) in [5.41, 5.74) is 5.91. The molecule has 1 atom stereocenters. The SMILES string of the molecule is COc1ccc(-c2nc(C(=O)NC3CCCc4c3ncc[n+]4[O-])c(CN)o2)c2ccc(C(F)(F)F)nc12. The molecule has 0 bridgehead atoms. The number of rotatable bonds is 5. The summed E-state index contributed by atoms with van der Waals surface area (Å²) in [5, 5.41) is 15.2. The molecule has 5 rings (SSSR count). The van der Waals surface area contributed by atoms with E-state index in [1.807, 2.05) is 0 Å². The standard InChI is InChI=1S/C24H21F3N6O4/c1-36-16-7-5-13(12-6-8-18(24(25,26)27)31-19(12)16)23-32-21(17(11-28)37-23)22(34)30-14-3-2-4-15-20(14)29-9-10-33(15)35/h5-10,14H,2-4,11,28H2,1H3,(H,30,34). The largest absolute Gasteiger partial charge is 0.618 e. The number of nitrogens with one attached hydrogen (secondary N) is 1. The van der Waals surface area contributed by atoms with Gasteiger partial charge in [0.2, 0.25) is 11.6 Å². The summed E-state index contributed by atoms with van der Waals surface area (Å²) >= 11 is 0. The molecule has 3 heterocycles. The number of nitrogens with zero attached hydrogens (tertiary/aromatic N) is 4. The van der Waals surface area contributed by atoms with Gasteiger partial charge in [-0.05, 0) is 37.1 Å². The van der Waals surface area contributed by atoms with Gasteiger partial charge in [0, 0.05) is 17.4 Å². The number of carbonyl (C=O) groups is 1. The molecule has 1 aliphatic rings. The van der Waals surface area contributed by atoms with E-state index in [1.54, 1.807) is 6.07 Å². The number of aromatic nitrogens is 4. The van der Waals surface area contributed by atoms with Gasteiger partial charge in [-0.25, -0.2) is 15.0 Å². The Morgan fingerprint density at radius 2 is 2.11 bits per heavy atom. The molecule has 1 amide bonds. The van der Waals surface area contributed by atoms with Gasteiger partial charge in [-0.15, -0.1) is 0 Å². The molecule has 37 heavy (non-hydrogen) atoms. The second-order valence-electron chi connectivity index (χ2n) is 8.40. The zero-order valence-electron chi connectivity index (χ0n) is 19.5. The number of nitrogens with two attached hydrogens (primary N) is 1. The zero-order valence-corrected chi connectivity index (χ0v) is 19.5. The minimum absolute atomic E-state index is 0.0145. The summed E-state index contributed by atoms with van der Waals surface area (Å²) in [7, 11) is 1.32. The summed E-state index contributed by atoms with van der Waals surface area (Å²) in [5.74, 6) is -0.370. The Hall–Kier alpha value is -4.26. The molecule has 192 valence electrons. The smallest absolute Gasteiger partial charge is 0.433 e. The minimum Gasteiger partial charge on any atom is -0.618 e. The highest BCUT2D eigenvalue weighted by atomic mass is 19.4. The highest BCUT2D eigenvalue weighted by Gasteiger charge is 2.34. The number of carbonyl (C=O) groups excluding carboxylic acids is 1. The molecule has 13 heteroatoms. The van der Waals surface area contributed by atoms with Crippen molar-refractivity contribution in [2.45, 2.75) is 38.0 Å². The van der Waals surface area contributed by atoms with Crippen molar-refractivity contribution < 1.29 is 31.9 Å². The normalized spacial score (nSPS) is 15.4. The first-order valence-corrected chi connectivity index (χ1v) is 11.3. The Morgan fingerprint density at radius 1 is 1.30 bits per heavy atom. The minimum atomic E-state index is -4.64. The molecule has 3 aromatic heterocycles. The first kappa shape index (κ1) is 24.4. The zero-order chi connectivity index (χ0) is 26.3. The van der Waals surface area contributed by atoms with Crippen LogP contribution in [0.4, 0.5) is 13.2 Å². The average molecular weight is 514 g/mol. The van der Waals surface area contributed by atoms with Crippen molar-refractivity contribution in [1.29, 1.82) is 0 Å². The molecule has 4 aromatic rings. The number of methoxy groups -OCH3 is 1. The topological polar surface area (TPSA) is 143 Å². The van der Waals surface area contributed by atoms with Crippen LogP contribution >= 0.6 is 0 Å². The van der Waals surface area contributed by atoms with Gasteiger partial charge in [-0.2, -0.15) is 17.9 Å². The van der Waals surface area contributed by atoms with Crippen LogP contribution in [-0.2, 0) is 19.1 Å². The Labute approximate surface area is 207 Å². The van der Waals surface area contributed by atoms with Crippen molar-refractivity contribution in [2.24, 2.45) is 5.73 Å². The number of alkyl halides is 3. The molecule has 1 aromatic carbocycles. The van der Waals surface area contributed by atoms with Crippen molar-refractivity contribution in [3.8, 4) is 17.2 Å². The number of oxazole rings is 1. The molecule has 0 spiro atoms. The van der Waals surface area contributed by atoms with Gasteiger partial charge in [0.25, 0.3) is 5.91 Å². The second-order valence-corrected chi connectivity index (χ2v) is 8.40. The van der Waals surface area contributed by atoms with Crippen LogP contribution in [0.15, 0.2) is 41.1 Å². The maximum Gasteiger partial charge on any atom is 0.433 e. The molecule has 0 radical (unpaired) electrons. The van der Waals surface area contributed by atoms with E-state index in [0.29, 0.717) is 36.2 Å². The molecule has 10 nitrogen and oxygen atoms in total. The third-order valence-corrected chi connectivity index (χ3v) is 6.18. The Bertz CT molecular complexity index is 1500. The van der Waals surface area contributed by atoms with E-state index in [1.165, 1.54) is 31.6 Å². The van der Waals surface area contributed by atoms with Gasteiger partial charge in [0.05, 0.1) is 25.9 Å². The quantitative estimate of drug-likeness (QED) is 0.305. The maximum absolute atomic E-state index is 13.3. The van der Waals surface area contributed by atoms with Crippen molar-refractivity contribution in [3.05, 3.63) is 70.4 Å². The lowest BCUT2D eigenvalue weighted by atomic mass is 9.95. The molecule has 0 fully saturated rings. The van der Waals surface area contributed by atoms with Crippen molar-refractivity contribution in [1.82, 2.24) is 20.3 Å². The summed E-state index contributed by atoms with van der Waals surface area (Å²) in [6.45, 7) is -0.152. The molecule has 0 aliphatic heterocycles. The van der Waals surface area contributed by atoms with E-state index in [9.17, 15) is 23.2 Å². The third-order valence-electron chi connectivity index (χ3n) is 6.18. The highest BCUT2D eigenvalue weighted by molar-refractivity contribution is 5.98.